The summed E-state index contributed by atoms with van der Waals surface area (Å²) in [5.41, 5.74) is 1.83. The number of fused-ring (bicyclic) bond motifs is 1. The van der Waals surface area contributed by atoms with Gasteiger partial charge in [0, 0.05) is 0 Å². The molecule has 2 nitrogen and oxygen atoms in total. The molecular weight excluding hydrogens is 351 g/mol. The van der Waals surface area contributed by atoms with Crippen molar-refractivity contribution in [1.29, 1.82) is 0 Å². The fraction of sp³-hybridized carbons (Fsp3) is 0. The Morgan fingerprint density at radius 3 is 2.74 bits per heavy atom. The Balaban J connectivity index is 2.44. The molecule has 6 heteroatoms. The lowest BCUT2D eigenvalue weighted by Crippen LogP contribution is -1.95. The summed E-state index contributed by atoms with van der Waals surface area (Å²) in [6.45, 7) is 0. The molecular formula is C13H7BrClFN2S. The fourth-order valence-corrected chi connectivity index (χ4v) is 2.91. The summed E-state index contributed by atoms with van der Waals surface area (Å²) in [6.07, 6.45) is 0. The van der Waals surface area contributed by atoms with Crippen LogP contribution in [0.5, 0.6) is 0 Å². The second-order valence-electron chi connectivity index (χ2n) is 3.97. The van der Waals surface area contributed by atoms with Gasteiger partial charge in [0.1, 0.15) is 11.3 Å². The minimum Gasteiger partial charge on any atom is -0.328 e. The lowest BCUT2D eigenvalue weighted by atomic mass is 10.2. The van der Waals surface area contributed by atoms with Crippen LogP contribution in [0.2, 0.25) is 5.02 Å². The van der Waals surface area contributed by atoms with Crippen LogP contribution >= 0.6 is 39.7 Å². The van der Waals surface area contributed by atoms with Gasteiger partial charge >= 0.3 is 0 Å². The van der Waals surface area contributed by atoms with Crippen molar-refractivity contribution in [1.82, 2.24) is 9.55 Å². The van der Waals surface area contributed by atoms with E-state index in [-0.39, 0.29) is 5.82 Å². The zero-order chi connectivity index (χ0) is 13.6. The molecule has 0 bridgehead atoms. The van der Waals surface area contributed by atoms with Crippen molar-refractivity contribution in [2.75, 3.05) is 0 Å². The Morgan fingerprint density at radius 1 is 1.21 bits per heavy atom. The minimum absolute atomic E-state index is 0.333. The molecule has 0 atom stereocenters. The van der Waals surface area contributed by atoms with Gasteiger partial charge in [-0.1, -0.05) is 23.7 Å². The highest BCUT2D eigenvalue weighted by atomic mass is 79.9. The molecule has 0 fully saturated rings. The molecule has 2 aromatic carbocycles. The van der Waals surface area contributed by atoms with Crippen molar-refractivity contribution >= 4 is 50.8 Å². The molecule has 0 aliphatic heterocycles. The molecule has 19 heavy (non-hydrogen) atoms. The normalized spacial score (nSPS) is 11.1. The highest BCUT2D eigenvalue weighted by molar-refractivity contribution is 9.10. The van der Waals surface area contributed by atoms with Gasteiger partial charge in [-0.25, -0.2) is 4.39 Å². The van der Waals surface area contributed by atoms with Crippen LogP contribution in [0, 0.1) is 10.6 Å². The number of imidazole rings is 1. The van der Waals surface area contributed by atoms with E-state index in [0.29, 0.717) is 20.8 Å². The molecule has 1 aromatic heterocycles. The van der Waals surface area contributed by atoms with E-state index in [1.807, 2.05) is 12.1 Å². The summed E-state index contributed by atoms with van der Waals surface area (Å²) in [6, 6.07) is 10.3. The van der Waals surface area contributed by atoms with Crippen molar-refractivity contribution in [3.05, 3.63) is 56.5 Å². The summed E-state index contributed by atoms with van der Waals surface area (Å²) in [4.78, 5) is 2.88. The largest absolute Gasteiger partial charge is 0.328 e. The first-order valence-corrected chi connectivity index (χ1v) is 7.01. The SMILES string of the molecule is Fc1cccc2c1[nH]c(=S)n2-c1cccc(Cl)c1Br. The van der Waals surface area contributed by atoms with Gasteiger partial charge in [0.05, 0.1) is 20.7 Å². The van der Waals surface area contributed by atoms with Crippen molar-refractivity contribution in [3.8, 4) is 5.69 Å². The second-order valence-corrected chi connectivity index (χ2v) is 5.56. The average Bonchev–Trinajstić information content (AvgIpc) is 2.71. The zero-order valence-electron chi connectivity index (χ0n) is 9.45. The first-order chi connectivity index (χ1) is 9.09. The second kappa shape index (κ2) is 4.74. The van der Waals surface area contributed by atoms with Gasteiger partial charge in [-0.3, -0.25) is 4.57 Å². The molecule has 3 aromatic rings. The summed E-state index contributed by atoms with van der Waals surface area (Å²) in [5, 5.41) is 0.574. The third-order valence-corrected chi connectivity index (χ3v) is 4.50. The molecule has 0 spiro atoms. The lowest BCUT2D eigenvalue weighted by Gasteiger charge is -2.08. The molecule has 3 rings (SSSR count). The topological polar surface area (TPSA) is 20.7 Å². The smallest absolute Gasteiger partial charge is 0.182 e. The van der Waals surface area contributed by atoms with Crippen molar-refractivity contribution < 1.29 is 4.39 Å². The van der Waals surface area contributed by atoms with Crippen LogP contribution in [-0.2, 0) is 0 Å². The lowest BCUT2D eigenvalue weighted by molar-refractivity contribution is 0.637. The highest BCUT2D eigenvalue weighted by Crippen LogP contribution is 2.31. The first kappa shape index (κ1) is 12.8. The number of aromatic amines is 1. The standard InChI is InChI=1S/C13H7BrClFN2S/c14-11-7(15)3-1-5-9(11)18-10-6-2-4-8(16)12(10)17-13(18)19/h1-6H,(H,17,19). The van der Waals surface area contributed by atoms with E-state index >= 15 is 0 Å². The number of nitrogens with zero attached hydrogens (tertiary/aromatic N) is 1. The predicted molar refractivity (Wildman–Crippen MR) is 81.1 cm³/mol. The maximum atomic E-state index is 13.7. The van der Waals surface area contributed by atoms with Crippen molar-refractivity contribution in [2.45, 2.75) is 0 Å². The number of H-pyrrole nitrogens is 1. The van der Waals surface area contributed by atoms with E-state index in [1.165, 1.54) is 6.07 Å². The summed E-state index contributed by atoms with van der Waals surface area (Å²) in [5.74, 6) is -0.333. The molecule has 0 radical (unpaired) electrons. The summed E-state index contributed by atoms with van der Waals surface area (Å²) < 4.78 is 16.6. The van der Waals surface area contributed by atoms with Gasteiger partial charge in [0.2, 0.25) is 0 Å². The van der Waals surface area contributed by atoms with Crippen LogP contribution in [0.15, 0.2) is 40.9 Å². The van der Waals surface area contributed by atoms with E-state index in [1.54, 1.807) is 22.8 Å². The van der Waals surface area contributed by atoms with Crippen molar-refractivity contribution in [2.24, 2.45) is 0 Å². The predicted octanol–water partition coefficient (Wildman–Crippen LogP) is 5.24. The van der Waals surface area contributed by atoms with Gasteiger partial charge in [-0.15, -0.1) is 0 Å². The maximum absolute atomic E-state index is 13.7. The van der Waals surface area contributed by atoms with Crippen LogP contribution in [0.1, 0.15) is 0 Å². The molecule has 0 saturated heterocycles. The van der Waals surface area contributed by atoms with Crippen LogP contribution in [0.3, 0.4) is 0 Å². The third kappa shape index (κ3) is 2.02. The summed E-state index contributed by atoms with van der Waals surface area (Å²) >= 11 is 14.8. The van der Waals surface area contributed by atoms with E-state index in [0.717, 1.165) is 10.2 Å². The minimum atomic E-state index is -0.333. The molecule has 1 N–H and O–H groups in total. The number of halogens is 3. The third-order valence-electron chi connectivity index (χ3n) is 2.84. The number of rotatable bonds is 1. The van der Waals surface area contributed by atoms with E-state index < -0.39 is 0 Å². The summed E-state index contributed by atoms with van der Waals surface area (Å²) in [7, 11) is 0. The Morgan fingerprint density at radius 2 is 1.95 bits per heavy atom. The molecule has 0 unspecified atom stereocenters. The number of benzene rings is 2. The Labute approximate surface area is 127 Å². The van der Waals surface area contributed by atoms with E-state index in [4.69, 9.17) is 23.8 Å². The van der Waals surface area contributed by atoms with Crippen LogP contribution < -0.4 is 0 Å². The van der Waals surface area contributed by atoms with Gasteiger partial charge in [0.25, 0.3) is 0 Å². The molecule has 0 amide bonds. The van der Waals surface area contributed by atoms with Gasteiger partial charge in [0.15, 0.2) is 4.77 Å². The van der Waals surface area contributed by atoms with E-state index in [9.17, 15) is 4.39 Å². The zero-order valence-corrected chi connectivity index (χ0v) is 12.6. The Kier molecular flexibility index (Phi) is 3.20. The van der Waals surface area contributed by atoms with E-state index in [2.05, 4.69) is 20.9 Å². The maximum Gasteiger partial charge on any atom is 0.182 e. The number of hydrogen-bond acceptors (Lipinski definition) is 1. The monoisotopic (exact) mass is 356 g/mol. The fourth-order valence-electron chi connectivity index (χ4n) is 2.00. The van der Waals surface area contributed by atoms with Crippen LogP contribution in [0.4, 0.5) is 4.39 Å². The number of nitrogens with one attached hydrogen (secondary N) is 1. The first-order valence-electron chi connectivity index (χ1n) is 5.43. The molecule has 0 saturated carbocycles. The highest BCUT2D eigenvalue weighted by Gasteiger charge is 2.13. The molecule has 1 heterocycles. The molecule has 0 aliphatic carbocycles. The number of para-hydroxylation sites is 1. The van der Waals surface area contributed by atoms with Crippen LogP contribution in [-0.4, -0.2) is 9.55 Å². The van der Waals surface area contributed by atoms with Crippen LogP contribution in [0.25, 0.3) is 16.7 Å². The number of aromatic nitrogens is 2. The quantitative estimate of drug-likeness (QED) is 0.590. The Bertz CT molecular complexity index is 840. The molecule has 0 aliphatic rings. The van der Waals surface area contributed by atoms with Crippen molar-refractivity contribution in [3.63, 3.8) is 0 Å². The number of hydrogen-bond donors (Lipinski definition) is 1. The average molecular weight is 358 g/mol. The van der Waals surface area contributed by atoms with Gasteiger partial charge in [-0.05, 0) is 52.4 Å². The molecule has 96 valence electrons. The van der Waals surface area contributed by atoms with Gasteiger partial charge < -0.3 is 4.98 Å². The van der Waals surface area contributed by atoms with Gasteiger partial charge in [-0.2, -0.15) is 0 Å². The Hall–Kier alpha value is -1.17.